The lowest BCUT2D eigenvalue weighted by atomic mass is 9.80. The summed E-state index contributed by atoms with van der Waals surface area (Å²) in [7, 11) is 0. The van der Waals surface area contributed by atoms with Gasteiger partial charge in [-0.3, -0.25) is 0 Å². The van der Waals surface area contributed by atoms with Gasteiger partial charge in [-0.1, -0.05) is 0 Å². The number of anilines is 2. The molecule has 1 aliphatic rings. The molecule has 0 radical (unpaired) electrons. The number of aliphatic hydroxyl groups is 1. The molecule has 0 saturated heterocycles. The largest absolute Gasteiger partial charge is 0.399 e. The summed E-state index contributed by atoms with van der Waals surface area (Å²) in [5.41, 5.74) is 6.66. The quantitative estimate of drug-likeness (QED) is 0.713. The summed E-state index contributed by atoms with van der Waals surface area (Å²) in [5, 5.41) is 14.2. The maximum Gasteiger partial charge on any atom is 0.137 e. The van der Waals surface area contributed by atoms with E-state index in [-0.39, 0.29) is 0 Å². The highest BCUT2D eigenvalue weighted by atomic mass is 16.3. The fourth-order valence-corrected chi connectivity index (χ4v) is 2.22. The molecule has 0 atom stereocenters. The summed E-state index contributed by atoms with van der Waals surface area (Å²) < 4.78 is 0. The Hall–Kier alpha value is -1.88. The Labute approximate surface area is 105 Å². The Morgan fingerprint density at radius 2 is 2.17 bits per heavy atom. The smallest absolute Gasteiger partial charge is 0.137 e. The molecular weight excluding hydrogens is 228 g/mol. The van der Waals surface area contributed by atoms with Crippen LogP contribution in [-0.4, -0.2) is 27.2 Å². The van der Waals surface area contributed by atoms with Gasteiger partial charge in [0.05, 0.1) is 11.1 Å². The minimum atomic E-state index is -0.564. The van der Waals surface area contributed by atoms with Gasteiger partial charge in [0, 0.05) is 17.6 Å². The molecule has 4 N–H and O–H groups in total. The predicted octanol–water partition coefficient (Wildman–Crippen LogP) is 1.54. The van der Waals surface area contributed by atoms with Crippen molar-refractivity contribution in [2.75, 3.05) is 17.6 Å². The van der Waals surface area contributed by atoms with Crippen molar-refractivity contribution in [3.05, 3.63) is 24.5 Å². The second-order valence-corrected chi connectivity index (χ2v) is 4.93. The standard InChI is InChI=1S/C13H16N4O/c14-9-2-3-10-11(6-9)16-8-17-12(10)15-7-13(18)4-1-5-13/h2-3,6,8,18H,1,4-5,7,14H2,(H,15,16,17). The monoisotopic (exact) mass is 244 g/mol. The zero-order chi connectivity index (χ0) is 12.6. The predicted molar refractivity (Wildman–Crippen MR) is 71.2 cm³/mol. The molecule has 1 saturated carbocycles. The first-order chi connectivity index (χ1) is 8.66. The molecule has 1 aromatic carbocycles. The highest BCUT2D eigenvalue weighted by Crippen LogP contribution is 2.32. The molecule has 0 aliphatic heterocycles. The van der Waals surface area contributed by atoms with Crippen molar-refractivity contribution >= 4 is 22.4 Å². The van der Waals surface area contributed by atoms with Crippen LogP contribution in [0.1, 0.15) is 19.3 Å². The zero-order valence-corrected chi connectivity index (χ0v) is 10.1. The third-order valence-corrected chi connectivity index (χ3v) is 3.53. The van der Waals surface area contributed by atoms with Crippen LogP contribution in [-0.2, 0) is 0 Å². The molecule has 5 heteroatoms. The summed E-state index contributed by atoms with van der Waals surface area (Å²) >= 11 is 0. The number of rotatable bonds is 3. The van der Waals surface area contributed by atoms with Gasteiger partial charge in [-0.15, -0.1) is 0 Å². The summed E-state index contributed by atoms with van der Waals surface area (Å²) in [6.45, 7) is 0.531. The molecule has 1 aromatic heterocycles. The molecule has 1 fully saturated rings. The second-order valence-electron chi connectivity index (χ2n) is 4.93. The SMILES string of the molecule is Nc1ccc2c(NCC3(O)CCC3)ncnc2c1. The van der Waals surface area contributed by atoms with Crippen molar-refractivity contribution < 1.29 is 5.11 Å². The topological polar surface area (TPSA) is 84.1 Å². The van der Waals surface area contributed by atoms with E-state index in [9.17, 15) is 5.11 Å². The van der Waals surface area contributed by atoms with E-state index in [4.69, 9.17) is 5.73 Å². The third kappa shape index (κ3) is 1.97. The number of nitrogens with zero attached hydrogens (tertiary/aromatic N) is 2. The average Bonchev–Trinajstić information content (AvgIpc) is 2.33. The molecule has 0 bridgehead atoms. The van der Waals surface area contributed by atoms with E-state index < -0.39 is 5.60 Å². The Bertz CT molecular complexity index is 580. The minimum absolute atomic E-state index is 0.531. The van der Waals surface area contributed by atoms with Crippen molar-refractivity contribution in [2.24, 2.45) is 0 Å². The maximum absolute atomic E-state index is 10.1. The Balaban J connectivity index is 1.87. The normalized spacial score (nSPS) is 17.4. The van der Waals surface area contributed by atoms with Crippen LogP contribution in [0.5, 0.6) is 0 Å². The van der Waals surface area contributed by atoms with Crippen LogP contribution in [0.3, 0.4) is 0 Å². The first-order valence-corrected chi connectivity index (χ1v) is 6.13. The van der Waals surface area contributed by atoms with Crippen LogP contribution < -0.4 is 11.1 Å². The van der Waals surface area contributed by atoms with E-state index in [1.165, 1.54) is 6.33 Å². The number of nitrogen functional groups attached to an aromatic ring is 1. The molecule has 0 spiro atoms. The molecule has 3 rings (SSSR count). The summed E-state index contributed by atoms with van der Waals surface area (Å²) in [6, 6.07) is 5.55. The molecular formula is C13H16N4O. The zero-order valence-electron chi connectivity index (χ0n) is 10.1. The number of hydrogen-bond donors (Lipinski definition) is 3. The fourth-order valence-electron chi connectivity index (χ4n) is 2.22. The van der Waals surface area contributed by atoms with Gasteiger partial charge in [0.2, 0.25) is 0 Å². The minimum Gasteiger partial charge on any atom is -0.399 e. The van der Waals surface area contributed by atoms with E-state index in [0.717, 1.165) is 36.0 Å². The van der Waals surface area contributed by atoms with Crippen molar-refractivity contribution in [1.82, 2.24) is 9.97 Å². The lowest BCUT2D eigenvalue weighted by Crippen LogP contribution is -2.43. The number of aromatic nitrogens is 2. The first kappa shape index (κ1) is 11.2. The van der Waals surface area contributed by atoms with E-state index in [2.05, 4.69) is 15.3 Å². The highest BCUT2D eigenvalue weighted by Gasteiger charge is 2.34. The molecule has 18 heavy (non-hydrogen) atoms. The second kappa shape index (κ2) is 4.10. The van der Waals surface area contributed by atoms with Gasteiger partial charge in [0.15, 0.2) is 0 Å². The molecule has 0 amide bonds. The van der Waals surface area contributed by atoms with Gasteiger partial charge >= 0.3 is 0 Å². The van der Waals surface area contributed by atoms with Crippen LogP contribution >= 0.6 is 0 Å². The number of benzene rings is 1. The van der Waals surface area contributed by atoms with E-state index >= 15 is 0 Å². The van der Waals surface area contributed by atoms with Crippen molar-refractivity contribution in [2.45, 2.75) is 24.9 Å². The Kier molecular flexibility index (Phi) is 2.56. The van der Waals surface area contributed by atoms with Crippen LogP contribution in [0.2, 0.25) is 0 Å². The lowest BCUT2D eigenvalue weighted by molar-refractivity contribution is -0.0202. The van der Waals surface area contributed by atoms with Crippen molar-refractivity contribution in [1.29, 1.82) is 0 Å². The summed E-state index contributed by atoms with van der Waals surface area (Å²) in [5.74, 6) is 0.750. The first-order valence-electron chi connectivity index (χ1n) is 6.13. The van der Waals surface area contributed by atoms with Crippen LogP contribution in [0.25, 0.3) is 10.9 Å². The van der Waals surface area contributed by atoms with E-state index in [0.29, 0.717) is 12.2 Å². The van der Waals surface area contributed by atoms with Gasteiger partial charge in [0.25, 0.3) is 0 Å². The van der Waals surface area contributed by atoms with E-state index in [1.54, 1.807) is 0 Å². The van der Waals surface area contributed by atoms with Gasteiger partial charge in [0.1, 0.15) is 12.1 Å². The molecule has 0 unspecified atom stereocenters. The highest BCUT2D eigenvalue weighted by molar-refractivity contribution is 5.90. The summed E-state index contributed by atoms with van der Waals surface area (Å²) in [4.78, 5) is 8.41. The number of hydrogen-bond acceptors (Lipinski definition) is 5. The molecule has 94 valence electrons. The molecule has 2 aromatic rings. The van der Waals surface area contributed by atoms with Gasteiger partial charge in [-0.2, -0.15) is 0 Å². The number of nitrogens with two attached hydrogens (primary N) is 1. The van der Waals surface area contributed by atoms with Crippen molar-refractivity contribution in [3.63, 3.8) is 0 Å². The van der Waals surface area contributed by atoms with Crippen LogP contribution in [0, 0.1) is 0 Å². The van der Waals surface area contributed by atoms with Crippen LogP contribution in [0.4, 0.5) is 11.5 Å². The Morgan fingerprint density at radius 3 is 2.89 bits per heavy atom. The average molecular weight is 244 g/mol. The molecule has 5 nitrogen and oxygen atoms in total. The van der Waals surface area contributed by atoms with Crippen molar-refractivity contribution in [3.8, 4) is 0 Å². The molecule has 1 heterocycles. The van der Waals surface area contributed by atoms with E-state index in [1.807, 2.05) is 18.2 Å². The van der Waals surface area contributed by atoms with Gasteiger partial charge in [-0.05, 0) is 37.5 Å². The van der Waals surface area contributed by atoms with Gasteiger partial charge in [-0.25, -0.2) is 9.97 Å². The fraction of sp³-hybridized carbons (Fsp3) is 0.385. The number of fused-ring (bicyclic) bond motifs is 1. The van der Waals surface area contributed by atoms with Gasteiger partial charge < -0.3 is 16.2 Å². The third-order valence-electron chi connectivity index (χ3n) is 3.53. The Morgan fingerprint density at radius 1 is 1.33 bits per heavy atom. The van der Waals surface area contributed by atoms with Crippen LogP contribution in [0.15, 0.2) is 24.5 Å². The maximum atomic E-state index is 10.1. The summed E-state index contributed by atoms with van der Waals surface area (Å²) in [6.07, 6.45) is 4.32. The number of nitrogens with one attached hydrogen (secondary N) is 1. The molecule has 1 aliphatic carbocycles. The lowest BCUT2D eigenvalue weighted by Gasteiger charge is -2.36.